The first-order chi connectivity index (χ1) is 9.17. The van der Waals surface area contributed by atoms with Gasteiger partial charge in [-0.15, -0.1) is 0 Å². The van der Waals surface area contributed by atoms with E-state index in [9.17, 15) is 4.79 Å². The molecule has 0 spiro atoms. The van der Waals surface area contributed by atoms with Crippen molar-refractivity contribution in [2.75, 3.05) is 25.2 Å². The lowest BCUT2D eigenvalue weighted by Gasteiger charge is -2.29. The fraction of sp³-hybridized carbons (Fsp3) is 0.929. The molecule has 4 nitrogen and oxygen atoms in total. The third kappa shape index (κ3) is 6.52. The van der Waals surface area contributed by atoms with Crippen LogP contribution in [-0.4, -0.2) is 42.3 Å². The number of carbonyl (C=O) groups excluding carboxylic acids is 1. The molecule has 1 rings (SSSR count). The predicted octanol–water partition coefficient (Wildman–Crippen LogP) is 2.23. The highest BCUT2D eigenvalue weighted by atomic mass is 32.2. The van der Waals surface area contributed by atoms with Gasteiger partial charge in [0.25, 0.3) is 0 Å². The molecule has 0 bridgehead atoms. The first-order valence-corrected chi connectivity index (χ1v) is 8.71. The summed E-state index contributed by atoms with van der Waals surface area (Å²) in [6.45, 7) is 3.18. The molecule has 5 heteroatoms. The lowest BCUT2D eigenvalue weighted by atomic mass is 9.80. The SMILES string of the molecule is CSCC(CCO)NC(=O)NCC1CCCCC1C. The van der Waals surface area contributed by atoms with Crippen molar-refractivity contribution in [2.24, 2.45) is 11.8 Å². The Morgan fingerprint density at radius 3 is 2.79 bits per heavy atom. The van der Waals surface area contributed by atoms with Crippen molar-refractivity contribution in [2.45, 2.75) is 45.1 Å². The van der Waals surface area contributed by atoms with E-state index in [0.717, 1.165) is 12.3 Å². The van der Waals surface area contributed by atoms with Gasteiger partial charge in [0.05, 0.1) is 0 Å². The van der Waals surface area contributed by atoms with Crippen LogP contribution in [0.25, 0.3) is 0 Å². The smallest absolute Gasteiger partial charge is 0.315 e. The maximum absolute atomic E-state index is 11.8. The number of aliphatic hydroxyl groups is 1. The number of carbonyl (C=O) groups is 1. The molecular weight excluding hydrogens is 260 g/mol. The fourth-order valence-corrected chi connectivity index (χ4v) is 3.36. The Morgan fingerprint density at radius 2 is 2.16 bits per heavy atom. The number of hydrogen-bond acceptors (Lipinski definition) is 3. The van der Waals surface area contributed by atoms with E-state index < -0.39 is 0 Å². The summed E-state index contributed by atoms with van der Waals surface area (Å²) in [7, 11) is 0. The molecule has 1 saturated carbocycles. The average molecular weight is 288 g/mol. The highest BCUT2D eigenvalue weighted by Gasteiger charge is 2.21. The van der Waals surface area contributed by atoms with Gasteiger partial charge in [-0.1, -0.05) is 26.2 Å². The van der Waals surface area contributed by atoms with Crippen LogP contribution in [-0.2, 0) is 0 Å². The van der Waals surface area contributed by atoms with E-state index in [1.54, 1.807) is 11.8 Å². The highest BCUT2D eigenvalue weighted by Crippen LogP contribution is 2.28. The molecule has 3 atom stereocenters. The second-order valence-electron chi connectivity index (χ2n) is 5.54. The highest BCUT2D eigenvalue weighted by molar-refractivity contribution is 7.98. The van der Waals surface area contributed by atoms with Crippen LogP contribution in [0.3, 0.4) is 0 Å². The van der Waals surface area contributed by atoms with E-state index in [4.69, 9.17) is 5.11 Å². The molecule has 0 aromatic carbocycles. The first kappa shape index (κ1) is 16.6. The zero-order chi connectivity index (χ0) is 14.1. The number of rotatable bonds is 7. The molecule has 112 valence electrons. The zero-order valence-electron chi connectivity index (χ0n) is 12.2. The van der Waals surface area contributed by atoms with Crippen molar-refractivity contribution in [1.82, 2.24) is 10.6 Å². The van der Waals surface area contributed by atoms with E-state index >= 15 is 0 Å². The number of aliphatic hydroxyl groups excluding tert-OH is 1. The number of hydrogen-bond donors (Lipinski definition) is 3. The van der Waals surface area contributed by atoms with Gasteiger partial charge in [0.2, 0.25) is 0 Å². The van der Waals surface area contributed by atoms with Crippen molar-refractivity contribution >= 4 is 17.8 Å². The van der Waals surface area contributed by atoms with Gasteiger partial charge >= 0.3 is 6.03 Å². The minimum absolute atomic E-state index is 0.0591. The molecule has 0 aromatic rings. The van der Waals surface area contributed by atoms with Crippen LogP contribution in [0.15, 0.2) is 0 Å². The van der Waals surface area contributed by atoms with Crippen LogP contribution < -0.4 is 10.6 Å². The molecular formula is C14H28N2O2S. The normalized spacial score (nSPS) is 24.8. The summed E-state index contributed by atoms with van der Waals surface area (Å²) in [6.07, 6.45) is 7.76. The average Bonchev–Trinajstić information content (AvgIpc) is 2.38. The Balaban J connectivity index is 2.25. The van der Waals surface area contributed by atoms with Crippen molar-refractivity contribution in [1.29, 1.82) is 0 Å². The van der Waals surface area contributed by atoms with Crippen molar-refractivity contribution in [3.05, 3.63) is 0 Å². The largest absolute Gasteiger partial charge is 0.396 e. The Bertz CT molecular complexity index is 258. The molecule has 2 amide bonds. The standard InChI is InChI=1S/C14H28N2O2S/c1-11-5-3-4-6-12(11)9-15-14(18)16-13(7-8-17)10-19-2/h11-13,17H,3-10H2,1-2H3,(H2,15,16,18). The van der Waals surface area contributed by atoms with E-state index in [0.29, 0.717) is 18.3 Å². The molecule has 3 N–H and O–H groups in total. The summed E-state index contributed by atoms with van der Waals surface area (Å²) >= 11 is 1.68. The van der Waals surface area contributed by atoms with Crippen molar-refractivity contribution in [3.8, 4) is 0 Å². The van der Waals surface area contributed by atoms with Crippen LogP contribution in [0.2, 0.25) is 0 Å². The Hall–Kier alpha value is -0.420. The van der Waals surface area contributed by atoms with E-state index in [-0.39, 0.29) is 18.7 Å². The number of nitrogens with one attached hydrogen (secondary N) is 2. The summed E-state index contributed by atoms with van der Waals surface area (Å²) in [5, 5.41) is 14.9. The van der Waals surface area contributed by atoms with Crippen LogP contribution in [0.4, 0.5) is 4.79 Å². The fourth-order valence-electron chi connectivity index (χ4n) is 2.71. The van der Waals surface area contributed by atoms with Gasteiger partial charge in [0.1, 0.15) is 0 Å². The monoisotopic (exact) mass is 288 g/mol. The summed E-state index contributed by atoms with van der Waals surface area (Å²) in [4.78, 5) is 11.8. The first-order valence-electron chi connectivity index (χ1n) is 7.31. The van der Waals surface area contributed by atoms with Crippen molar-refractivity contribution < 1.29 is 9.90 Å². The van der Waals surface area contributed by atoms with Gasteiger partial charge in [0, 0.05) is 24.9 Å². The Morgan fingerprint density at radius 1 is 1.42 bits per heavy atom. The summed E-state index contributed by atoms with van der Waals surface area (Å²) < 4.78 is 0. The Labute approximate surface area is 121 Å². The molecule has 3 unspecified atom stereocenters. The van der Waals surface area contributed by atoms with Crippen LogP contribution in [0, 0.1) is 11.8 Å². The molecule has 0 saturated heterocycles. The molecule has 19 heavy (non-hydrogen) atoms. The maximum Gasteiger partial charge on any atom is 0.315 e. The van der Waals surface area contributed by atoms with Gasteiger partial charge in [-0.2, -0.15) is 11.8 Å². The summed E-state index contributed by atoms with van der Waals surface area (Å²) in [5.41, 5.74) is 0. The summed E-state index contributed by atoms with van der Waals surface area (Å²) in [6, 6.07) is -0.0333. The topological polar surface area (TPSA) is 61.4 Å². The van der Waals surface area contributed by atoms with Crippen LogP contribution >= 0.6 is 11.8 Å². The second-order valence-corrected chi connectivity index (χ2v) is 6.45. The minimum atomic E-state index is -0.0923. The lowest BCUT2D eigenvalue weighted by molar-refractivity contribution is 0.217. The predicted molar refractivity (Wildman–Crippen MR) is 81.5 cm³/mol. The van der Waals surface area contributed by atoms with Gasteiger partial charge in [-0.25, -0.2) is 4.79 Å². The quantitative estimate of drug-likeness (QED) is 0.673. The molecule has 0 aromatic heterocycles. The van der Waals surface area contributed by atoms with Crippen molar-refractivity contribution in [3.63, 3.8) is 0 Å². The molecule has 1 aliphatic rings. The third-order valence-corrected chi connectivity index (χ3v) is 4.73. The molecule has 0 radical (unpaired) electrons. The summed E-state index contributed by atoms with van der Waals surface area (Å²) in [5.74, 6) is 2.18. The van der Waals surface area contributed by atoms with Gasteiger partial charge in [-0.3, -0.25) is 0 Å². The zero-order valence-corrected chi connectivity index (χ0v) is 13.0. The molecule has 0 heterocycles. The minimum Gasteiger partial charge on any atom is -0.396 e. The molecule has 1 aliphatic carbocycles. The second kappa shape index (κ2) is 9.48. The number of amides is 2. The molecule has 0 aliphatic heterocycles. The van der Waals surface area contributed by atoms with Crippen LogP contribution in [0.5, 0.6) is 0 Å². The Kier molecular flexibility index (Phi) is 8.30. The lowest BCUT2D eigenvalue weighted by Crippen LogP contribution is -2.45. The van der Waals surface area contributed by atoms with Gasteiger partial charge < -0.3 is 15.7 Å². The third-order valence-electron chi connectivity index (χ3n) is 3.99. The van der Waals surface area contributed by atoms with E-state index in [1.807, 2.05) is 6.26 Å². The van der Waals surface area contributed by atoms with E-state index in [2.05, 4.69) is 17.6 Å². The van der Waals surface area contributed by atoms with Gasteiger partial charge in [0.15, 0.2) is 0 Å². The molecule has 1 fully saturated rings. The van der Waals surface area contributed by atoms with Gasteiger partial charge in [-0.05, 0) is 30.9 Å². The van der Waals surface area contributed by atoms with E-state index in [1.165, 1.54) is 25.7 Å². The number of thioether (sulfide) groups is 1. The number of urea groups is 1. The maximum atomic E-state index is 11.8. The van der Waals surface area contributed by atoms with Crippen LogP contribution in [0.1, 0.15) is 39.0 Å².